The lowest BCUT2D eigenvalue weighted by Gasteiger charge is -2.13. The third-order valence-electron chi connectivity index (χ3n) is 3.25. The lowest BCUT2D eigenvalue weighted by molar-refractivity contribution is 0.355. The molecule has 0 atom stereocenters. The van der Waals surface area contributed by atoms with Crippen molar-refractivity contribution in [2.24, 2.45) is 12.8 Å². The van der Waals surface area contributed by atoms with Crippen LogP contribution < -0.4 is 20.8 Å². The summed E-state index contributed by atoms with van der Waals surface area (Å²) in [4.78, 5) is 12.3. The summed E-state index contributed by atoms with van der Waals surface area (Å²) in [7, 11) is 4.82. The van der Waals surface area contributed by atoms with E-state index in [1.165, 1.54) is 4.57 Å². The largest absolute Gasteiger partial charge is 0.493 e. The Balaban J connectivity index is 2.60. The highest BCUT2D eigenvalue weighted by Gasteiger charge is 2.11. The summed E-state index contributed by atoms with van der Waals surface area (Å²) in [6, 6.07) is 8.90. The van der Waals surface area contributed by atoms with Gasteiger partial charge in [0.05, 0.1) is 25.5 Å². The number of pyridine rings is 1. The summed E-state index contributed by atoms with van der Waals surface area (Å²) in [6.07, 6.45) is 0. The van der Waals surface area contributed by atoms with Crippen LogP contribution in [-0.2, 0) is 7.05 Å². The number of thiocarbonyl (C=S) groups is 1. The molecule has 21 heavy (non-hydrogen) atoms. The van der Waals surface area contributed by atoms with E-state index in [-0.39, 0.29) is 10.5 Å². The van der Waals surface area contributed by atoms with Crippen LogP contribution in [0.4, 0.5) is 0 Å². The topological polar surface area (TPSA) is 66.5 Å². The Labute approximate surface area is 127 Å². The Bertz CT molecular complexity index is 753. The first-order chi connectivity index (χ1) is 9.99. The molecule has 0 aliphatic carbocycles. The molecule has 2 rings (SSSR count). The van der Waals surface area contributed by atoms with Crippen LogP contribution in [0.3, 0.4) is 0 Å². The van der Waals surface area contributed by atoms with Crippen molar-refractivity contribution in [3.63, 3.8) is 0 Å². The van der Waals surface area contributed by atoms with Crippen molar-refractivity contribution in [2.75, 3.05) is 14.2 Å². The second kappa shape index (κ2) is 5.97. The van der Waals surface area contributed by atoms with Gasteiger partial charge in [0, 0.05) is 12.6 Å². The standard InChI is InChI=1S/C15H16N2O3S/c1-17-11(6-5-10(14(16)21)15(17)18)9-4-7-12(19-2)13(8-9)20-3/h4-8H,1-3H3,(H2,16,21). The Morgan fingerprint density at radius 1 is 1.14 bits per heavy atom. The fourth-order valence-electron chi connectivity index (χ4n) is 2.11. The molecule has 1 heterocycles. The number of ether oxygens (including phenoxy) is 2. The predicted octanol–water partition coefficient (Wildman–Crippen LogP) is 1.70. The monoisotopic (exact) mass is 304 g/mol. The molecule has 2 aromatic rings. The number of nitrogens with two attached hydrogens (primary N) is 1. The van der Waals surface area contributed by atoms with Gasteiger partial charge in [-0.05, 0) is 30.3 Å². The molecule has 1 aromatic heterocycles. The van der Waals surface area contributed by atoms with Crippen molar-refractivity contribution < 1.29 is 9.47 Å². The molecular formula is C15H16N2O3S. The minimum Gasteiger partial charge on any atom is -0.493 e. The van der Waals surface area contributed by atoms with Gasteiger partial charge in [0.25, 0.3) is 5.56 Å². The van der Waals surface area contributed by atoms with Crippen molar-refractivity contribution in [1.82, 2.24) is 4.57 Å². The Morgan fingerprint density at radius 3 is 2.38 bits per heavy atom. The van der Waals surface area contributed by atoms with E-state index in [0.29, 0.717) is 17.1 Å². The van der Waals surface area contributed by atoms with Gasteiger partial charge in [-0.15, -0.1) is 0 Å². The van der Waals surface area contributed by atoms with Crippen molar-refractivity contribution in [2.45, 2.75) is 0 Å². The zero-order valence-electron chi connectivity index (χ0n) is 12.0. The third kappa shape index (κ3) is 2.75. The summed E-state index contributed by atoms with van der Waals surface area (Å²) in [5.41, 5.74) is 7.21. The van der Waals surface area contributed by atoms with Crippen molar-refractivity contribution in [1.29, 1.82) is 0 Å². The number of methoxy groups -OCH3 is 2. The van der Waals surface area contributed by atoms with Gasteiger partial charge in [-0.1, -0.05) is 12.2 Å². The van der Waals surface area contributed by atoms with Crippen molar-refractivity contribution in [3.05, 3.63) is 46.2 Å². The predicted molar refractivity (Wildman–Crippen MR) is 86.1 cm³/mol. The number of hydrogen-bond acceptors (Lipinski definition) is 4. The number of aromatic nitrogens is 1. The highest BCUT2D eigenvalue weighted by atomic mass is 32.1. The SMILES string of the molecule is COc1ccc(-c2ccc(C(N)=S)c(=O)n2C)cc1OC. The number of benzene rings is 1. The first kappa shape index (κ1) is 15.1. The minimum atomic E-state index is -0.227. The molecule has 0 aliphatic heterocycles. The van der Waals surface area contributed by atoms with Gasteiger partial charge in [-0.3, -0.25) is 4.79 Å². The van der Waals surface area contributed by atoms with Crippen molar-refractivity contribution >= 4 is 17.2 Å². The van der Waals surface area contributed by atoms with Crippen LogP contribution in [0.5, 0.6) is 11.5 Å². The maximum absolute atomic E-state index is 12.2. The molecule has 0 unspecified atom stereocenters. The molecule has 0 bridgehead atoms. The van der Waals surface area contributed by atoms with E-state index in [1.54, 1.807) is 39.5 Å². The highest BCUT2D eigenvalue weighted by molar-refractivity contribution is 7.80. The number of hydrogen-bond donors (Lipinski definition) is 1. The molecule has 0 radical (unpaired) electrons. The Hall–Kier alpha value is -2.34. The van der Waals surface area contributed by atoms with E-state index >= 15 is 0 Å². The van der Waals surface area contributed by atoms with Gasteiger partial charge in [-0.25, -0.2) is 0 Å². The molecule has 2 N–H and O–H groups in total. The van der Waals surface area contributed by atoms with Gasteiger partial charge in [-0.2, -0.15) is 0 Å². The molecule has 1 aromatic carbocycles. The second-order valence-corrected chi connectivity index (χ2v) is 4.87. The molecule has 0 amide bonds. The van der Waals surface area contributed by atoms with E-state index in [9.17, 15) is 4.79 Å². The van der Waals surface area contributed by atoms with Gasteiger partial charge < -0.3 is 19.8 Å². The summed E-state index contributed by atoms with van der Waals surface area (Å²) in [5.74, 6) is 1.23. The summed E-state index contributed by atoms with van der Waals surface area (Å²) in [6.45, 7) is 0. The molecule has 0 aliphatic rings. The third-order valence-corrected chi connectivity index (χ3v) is 3.47. The van der Waals surface area contributed by atoms with E-state index < -0.39 is 0 Å². The minimum absolute atomic E-state index is 0.0921. The molecular weight excluding hydrogens is 288 g/mol. The van der Waals surface area contributed by atoms with Gasteiger partial charge in [0.15, 0.2) is 11.5 Å². The lowest BCUT2D eigenvalue weighted by Crippen LogP contribution is -2.28. The number of nitrogens with zero attached hydrogens (tertiary/aromatic N) is 1. The smallest absolute Gasteiger partial charge is 0.261 e. The molecule has 6 heteroatoms. The lowest BCUT2D eigenvalue weighted by atomic mass is 10.1. The Kier molecular flexibility index (Phi) is 4.28. The highest BCUT2D eigenvalue weighted by Crippen LogP contribution is 2.31. The molecule has 110 valence electrons. The first-order valence-electron chi connectivity index (χ1n) is 6.21. The van der Waals surface area contributed by atoms with Crippen LogP contribution in [0.25, 0.3) is 11.3 Å². The maximum Gasteiger partial charge on any atom is 0.261 e. The average molecular weight is 304 g/mol. The number of rotatable bonds is 4. The second-order valence-electron chi connectivity index (χ2n) is 4.43. The van der Waals surface area contributed by atoms with E-state index in [1.807, 2.05) is 12.1 Å². The normalized spacial score (nSPS) is 10.2. The summed E-state index contributed by atoms with van der Waals surface area (Å²) < 4.78 is 12.0. The van der Waals surface area contributed by atoms with E-state index in [4.69, 9.17) is 27.4 Å². The molecule has 0 fully saturated rings. The summed E-state index contributed by atoms with van der Waals surface area (Å²) in [5, 5.41) is 0. The van der Waals surface area contributed by atoms with Crippen LogP contribution >= 0.6 is 12.2 Å². The fraction of sp³-hybridized carbons (Fsp3) is 0.200. The van der Waals surface area contributed by atoms with Gasteiger partial charge >= 0.3 is 0 Å². The van der Waals surface area contributed by atoms with Crippen LogP contribution in [0.15, 0.2) is 35.1 Å². The molecule has 5 nitrogen and oxygen atoms in total. The van der Waals surface area contributed by atoms with Crippen LogP contribution in [-0.4, -0.2) is 23.8 Å². The zero-order chi connectivity index (χ0) is 15.6. The molecule has 0 spiro atoms. The van der Waals surface area contributed by atoms with Gasteiger partial charge in [0.1, 0.15) is 4.99 Å². The van der Waals surface area contributed by atoms with Crippen LogP contribution in [0.2, 0.25) is 0 Å². The van der Waals surface area contributed by atoms with E-state index in [2.05, 4.69) is 0 Å². The van der Waals surface area contributed by atoms with Gasteiger partial charge in [0.2, 0.25) is 0 Å². The summed E-state index contributed by atoms with van der Waals surface area (Å²) >= 11 is 4.87. The average Bonchev–Trinajstić information content (AvgIpc) is 2.48. The van der Waals surface area contributed by atoms with Crippen LogP contribution in [0.1, 0.15) is 5.56 Å². The fourth-order valence-corrected chi connectivity index (χ4v) is 2.26. The first-order valence-corrected chi connectivity index (χ1v) is 6.62. The Morgan fingerprint density at radius 2 is 1.81 bits per heavy atom. The van der Waals surface area contributed by atoms with E-state index in [0.717, 1.165) is 11.3 Å². The van der Waals surface area contributed by atoms with Crippen LogP contribution in [0, 0.1) is 0 Å². The maximum atomic E-state index is 12.2. The molecule has 0 saturated carbocycles. The quantitative estimate of drug-likeness (QED) is 0.871. The zero-order valence-corrected chi connectivity index (χ0v) is 12.9. The molecule has 0 saturated heterocycles. The van der Waals surface area contributed by atoms with Crippen molar-refractivity contribution in [3.8, 4) is 22.8 Å².